The second kappa shape index (κ2) is 12.1. The number of carbonyl (C=O) groups is 2. The molecule has 0 fully saturated rings. The third-order valence-electron chi connectivity index (χ3n) is 7.72. The van der Waals surface area contributed by atoms with Crippen LogP contribution in [0.25, 0.3) is 22.2 Å². The first-order valence-electron chi connectivity index (χ1n) is 14.2. The van der Waals surface area contributed by atoms with Crippen LogP contribution in [0.4, 0.5) is 28.7 Å². The predicted molar refractivity (Wildman–Crippen MR) is 173 cm³/mol. The van der Waals surface area contributed by atoms with Crippen molar-refractivity contribution in [2.24, 2.45) is 0 Å². The number of para-hydroxylation sites is 1. The number of aryl methyl sites for hydroxylation is 1. The van der Waals surface area contributed by atoms with Crippen molar-refractivity contribution < 1.29 is 14.3 Å². The molecule has 2 N–H and O–H groups in total. The van der Waals surface area contributed by atoms with Crippen LogP contribution in [-0.2, 0) is 22.6 Å². The fourth-order valence-corrected chi connectivity index (χ4v) is 5.30. The van der Waals surface area contributed by atoms with Crippen LogP contribution in [0.2, 0.25) is 0 Å². The SMILES string of the molecule is C=CC(=O)Nc1cc(Nc2ncc(CC)c(-c3cn4c5c(cccc35)N(C)C(=O)C4)n2)c(OC)cc1N(C)CCN(C)C. The molecule has 11 heteroatoms. The summed E-state index contributed by atoms with van der Waals surface area (Å²) in [5.41, 5.74) is 6.59. The van der Waals surface area contributed by atoms with Gasteiger partial charge in [0.1, 0.15) is 12.3 Å². The van der Waals surface area contributed by atoms with Crippen molar-refractivity contribution in [1.29, 1.82) is 0 Å². The molecule has 0 unspecified atom stereocenters. The van der Waals surface area contributed by atoms with Crippen LogP contribution in [0.15, 0.2) is 55.4 Å². The van der Waals surface area contributed by atoms with Gasteiger partial charge < -0.3 is 34.6 Å². The summed E-state index contributed by atoms with van der Waals surface area (Å²) in [6.07, 6.45) is 5.80. The molecule has 2 amide bonds. The highest BCUT2D eigenvalue weighted by molar-refractivity contribution is 6.10. The molecule has 3 heterocycles. The van der Waals surface area contributed by atoms with Crippen LogP contribution < -0.4 is 25.2 Å². The van der Waals surface area contributed by atoms with E-state index in [1.807, 2.05) is 69.4 Å². The average molecular weight is 583 g/mol. The van der Waals surface area contributed by atoms with Gasteiger partial charge >= 0.3 is 0 Å². The van der Waals surface area contributed by atoms with Gasteiger partial charge in [-0.2, -0.15) is 0 Å². The van der Waals surface area contributed by atoms with Crippen molar-refractivity contribution in [2.45, 2.75) is 19.9 Å². The van der Waals surface area contributed by atoms with Gasteiger partial charge in [-0.1, -0.05) is 25.6 Å². The maximum Gasteiger partial charge on any atom is 0.247 e. The minimum Gasteiger partial charge on any atom is -0.494 e. The summed E-state index contributed by atoms with van der Waals surface area (Å²) >= 11 is 0. The highest BCUT2D eigenvalue weighted by Gasteiger charge is 2.26. The molecule has 0 bridgehead atoms. The molecule has 2 aromatic heterocycles. The first-order valence-corrected chi connectivity index (χ1v) is 14.2. The van der Waals surface area contributed by atoms with E-state index in [9.17, 15) is 9.59 Å². The molecule has 1 aliphatic heterocycles. The second-order valence-electron chi connectivity index (χ2n) is 10.8. The largest absolute Gasteiger partial charge is 0.494 e. The van der Waals surface area contributed by atoms with Crippen molar-refractivity contribution >= 4 is 51.4 Å². The molecular formula is C32H38N8O3. The van der Waals surface area contributed by atoms with E-state index in [0.717, 1.165) is 58.6 Å². The summed E-state index contributed by atoms with van der Waals surface area (Å²) in [4.78, 5) is 40.5. The zero-order valence-electron chi connectivity index (χ0n) is 25.6. The number of ether oxygens (including phenoxy) is 1. The van der Waals surface area contributed by atoms with Gasteiger partial charge in [0, 0.05) is 56.6 Å². The number of anilines is 5. The Morgan fingerprint density at radius 2 is 1.98 bits per heavy atom. The third-order valence-corrected chi connectivity index (χ3v) is 7.72. The van der Waals surface area contributed by atoms with Crippen molar-refractivity contribution in [3.63, 3.8) is 0 Å². The Morgan fingerprint density at radius 3 is 2.67 bits per heavy atom. The summed E-state index contributed by atoms with van der Waals surface area (Å²) in [5.74, 6) is 0.661. The number of rotatable bonds is 11. The minimum absolute atomic E-state index is 0.0326. The van der Waals surface area contributed by atoms with Crippen molar-refractivity contribution in [3.8, 4) is 17.0 Å². The van der Waals surface area contributed by atoms with Crippen LogP contribution in [0.1, 0.15) is 12.5 Å². The van der Waals surface area contributed by atoms with Gasteiger partial charge in [0.05, 0.1) is 41.1 Å². The number of hydrogen-bond acceptors (Lipinski definition) is 8. The molecule has 0 spiro atoms. The van der Waals surface area contributed by atoms with E-state index in [1.54, 1.807) is 12.0 Å². The quantitative estimate of drug-likeness (QED) is 0.249. The van der Waals surface area contributed by atoms with Gasteiger partial charge in [0.2, 0.25) is 17.8 Å². The fourth-order valence-electron chi connectivity index (χ4n) is 5.30. The number of benzene rings is 2. The van der Waals surface area contributed by atoms with E-state index in [2.05, 4.69) is 45.0 Å². The van der Waals surface area contributed by atoms with E-state index in [-0.39, 0.29) is 18.4 Å². The molecular weight excluding hydrogens is 544 g/mol. The van der Waals surface area contributed by atoms with E-state index in [0.29, 0.717) is 23.1 Å². The molecule has 1 aliphatic rings. The minimum atomic E-state index is -0.318. The highest BCUT2D eigenvalue weighted by Crippen LogP contribution is 2.40. The summed E-state index contributed by atoms with van der Waals surface area (Å²) in [6.45, 7) is 7.51. The lowest BCUT2D eigenvalue weighted by molar-refractivity contribution is -0.119. The highest BCUT2D eigenvalue weighted by atomic mass is 16.5. The first kappa shape index (κ1) is 29.6. The van der Waals surface area contributed by atoms with Gasteiger partial charge in [-0.15, -0.1) is 0 Å². The standard InChI is InChI=1S/C32H38N8O3/c1-8-20-17-33-32(36-30(20)22-18-40-19-29(42)39(6)25-12-10-11-21(22)31(25)40)35-24-15-23(34-28(41)9-2)26(16-27(24)43-7)38(5)14-13-37(3)4/h9-12,15-18H,2,8,13-14,19H2,1,3-7H3,(H,34,41)(H,33,35,36). The van der Waals surface area contributed by atoms with E-state index < -0.39 is 0 Å². The maximum absolute atomic E-state index is 12.6. The molecule has 43 heavy (non-hydrogen) atoms. The first-order chi connectivity index (χ1) is 20.6. The van der Waals surface area contributed by atoms with Crippen LogP contribution in [0.3, 0.4) is 0 Å². The number of methoxy groups -OCH3 is 1. The Balaban J connectivity index is 1.57. The summed E-state index contributed by atoms with van der Waals surface area (Å²) in [7, 11) is 9.41. The Bertz CT molecular complexity index is 1710. The zero-order chi connectivity index (χ0) is 30.8. The van der Waals surface area contributed by atoms with E-state index in [4.69, 9.17) is 9.72 Å². The van der Waals surface area contributed by atoms with Gasteiger partial charge in [-0.05, 0) is 44.3 Å². The summed E-state index contributed by atoms with van der Waals surface area (Å²) in [6, 6.07) is 9.69. The molecule has 0 aliphatic carbocycles. The van der Waals surface area contributed by atoms with Crippen molar-refractivity contribution in [1.82, 2.24) is 19.4 Å². The van der Waals surface area contributed by atoms with Gasteiger partial charge in [-0.3, -0.25) is 9.59 Å². The van der Waals surface area contributed by atoms with E-state index >= 15 is 0 Å². The zero-order valence-corrected chi connectivity index (χ0v) is 25.6. The Hall–Kier alpha value is -4.90. The smallest absolute Gasteiger partial charge is 0.247 e. The topological polar surface area (TPSA) is 108 Å². The second-order valence-corrected chi connectivity index (χ2v) is 10.8. The molecule has 5 rings (SSSR count). The predicted octanol–water partition coefficient (Wildman–Crippen LogP) is 4.51. The molecule has 0 saturated carbocycles. The number of amides is 2. The number of aromatic nitrogens is 3. The molecule has 0 radical (unpaired) electrons. The summed E-state index contributed by atoms with van der Waals surface area (Å²) in [5, 5.41) is 7.27. The van der Waals surface area contributed by atoms with Gasteiger partial charge in [-0.25, -0.2) is 9.97 Å². The lowest BCUT2D eigenvalue weighted by atomic mass is 10.0. The van der Waals surface area contributed by atoms with Crippen LogP contribution in [-0.4, -0.2) is 79.6 Å². The maximum atomic E-state index is 12.6. The van der Waals surface area contributed by atoms with Gasteiger partial charge in [0.25, 0.3) is 0 Å². The normalized spacial score (nSPS) is 12.5. The Labute approximate surface area is 251 Å². The molecule has 4 aromatic rings. The third kappa shape index (κ3) is 5.76. The number of likely N-dealkylation sites (N-methyl/N-ethyl adjacent to an activating group) is 3. The average Bonchev–Trinajstić information content (AvgIpc) is 3.37. The van der Waals surface area contributed by atoms with Crippen molar-refractivity contribution in [3.05, 3.63) is 60.9 Å². The lowest BCUT2D eigenvalue weighted by Crippen LogP contribution is -2.33. The Kier molecular flexibility index (Phi) is 8.36. The van der Waals surface area contributed by atoms with Crippen molar-refractivity contribution in [2.75, 3.05) is 68.8 Å². The molecule has 11 nitrogen and oxygen atoms in total. The van der Waals surface area contributed by atoms with E-state index in [1.165, 1.54) is 6.08 Å². The number of carbonyl (C=O) groups excluding carboxylic acids is 2. The number of nitrogens with one attached hydrogen (secondary N) is 2. The van der Waals surface area contributed by atoms with Gasteiger partial charge in [0.15, 0.2) is 0 Å². The fraction of sp³-hybridized carbons (Fsp3) is 0.312. The molecule has 2 aromatic carbocycles. The lowest BCUT2D eigenvalue weighted by Gasteiger charge is -2.26. The number of hydrogen-bond donors (Lipinski definition) is 2. The summed E-state index contributed by atoms with van der Waals surface area (Å²) < 4.78 is 7.77. The number of nitrogens with zero attached hydrogens (tertiary/aromatic N) is 6. The molecule has 0 atom stereocenters. The Morgan fingerprint density at radius 1 is 1.19 bits per heavy atom. The monoisotopic (exact) mass is 582 g/mol. The molecule has 224 valence electrons. The molecule has 0 saturated heterocycles. The van der Waals surface area contributed by atoms with Crippen LogP contribution in [0.5, 0.6) is 5.75 Å². The van der Waals surface area contributed by atoms with Crippen LogP contribution >= 0.6 is 0 Å². The van der Waals surface area contributed by atoms with Crippen LogP contribution in [0, 0.1) is 0 Å².